The van der Waals surface area contributed by atoms with Crippen molar-refractivity contribution in [2.24, 2.45) is 11.8 Å². The summed E-state index contributed by atoms with van der Waals surface area (Å²) < 4.78 is 4.49. The molecule has 106 valence electrons. The lowest BCUT2D eigenvalue weighted by molar-refractivity contribution is 0.389. The monoisotopic (exact) mass is 292 g/mol. The molecule has 0 N–H and O–H groups in total. The van der Waals surface area contributed by atoms with E-state index in [1.165, 1.54) is 31.4 Å². The van der Waals surface area contributed by atoms with E-state index in [1.807, 2.05) is 6.20 Å². The highest BCUT2D eigenvalue weighted by atomic mass is 35.5. The fourth-order valence-electron chi connectivity index (χ4n) is 2.49. The van der Waals surface area contributed by atoms with Crippen LogP contribution in [0.1, 0.15) is 17.9 Å². The minimum Gasteiger partial charge on any atom is -0.356 e. The summed E-state index contributed by atoms with van der Waals surface area (Å²) in [7, 11) is 0. The van der Waals surface area contributed by atoms with Crippen molar-refractivity contribution >= 4 is 17.4 Å². The van der Waals surface area contributed by atoms with Crippen molar-refractivity contribution in [1.29, 1.82) is 0 Å². The van der Waals surface area contributed by atoms with Crippen LogP contribution in [0.25, 0.3) is 0 Å². The maximum Gasteiger partial charge on any atom is 0.241 e. The zero-order chi connectivity index (χ0) is 13.9. The predicted octanol–water partition coefficient (Wildman–Crippen LogP) is 2.65. The summed E-state index contributed by atoms with van der Waals surface area (Å²) in [6.45, 7) is 4.56. The van der Waals surface area contributed by atoms with Gasteiger partial charge in [-0.1, -0.05) is 11.2 Å². The molecule has 5 nitrogen and oxygen atoms in total. The van der Waals surface area contributed by atoms with Gasteiger partial charge in [-0.05, 0) is 36.8 Å². The Hall–Kier alpha value is -1.62. The van der Waals surface area contributed by atoms with E-state index >= 15 is 0 Å². The molecule has 2 unspecified atom stereocenters. The van der Waals surface area contributed by atoms with E-state index in [0.29, 0.717) is 11.8 Å². The van der Waals surface area contributed by atoms with E-state index in [1.54, 1.807) is 0 Å². The first-order valence-corrected chi connectivity index (χ1v) is 7.29. The smallest absolute Gasteiger partial charge is 0.241 e. The molecule has 0 aromatic carbocycles. The van der Waals surface area contributed by atoms with Crippen LogP contribution in [0, 0.1) is 18.8 Å². The molecule has 2 aliphatic rings. The first-order valence-electron chi connectivity index (χ1n) is 6.75. The second-order valence-electron chi connectivity index (χ2n) is 5.32. The van der Waals surface area contributed by atoms with Gasteiger partial charge in [-0.2, -0.15) is 4.98 Å². The number of aromatic nitrogens is 3. The van der Waals surface area contributed by atoms with Gasteiger partial charge in [0.2, 0.25) is 5.89 Å². The van der Waals surface area contributed by atoms with Crippen molar-refractivity contribution in [3.05, 3.63) is 36.1 Å². The van der Waals surface area contributed by atoms with Crippen molar-refractivity contribution in [1.82, 2.24) is 15.1 Å². The lowest BCUT2D eigenvalue weighted by Gasteiger charge is -2.18. The summed E-state index contributed by atoms with van der Waals surface area (Å²) in [4.78, 5) is 10.5. The van der Waals surface area contributed by atoms with Crippen molar-refractivity contribution in [3.63, 3.8) is 0 Å². The molecule has 2 fully saturated rings. The third kappa shape index (κ3) is 3.10. The second-order valence-corrected chi connectivity index (χ2v) is 5.59. The molecule has 4 rings (SSSR count). The summed E-state index contributed by atoms with van der Waals surface area (Å²) in [5, 5.41) is 3.32. The van der Waals surface area contributed by atoms with Crippen molar-refractivity contribution < 1.29 is 4.52 Å². The van der Waals surface area contributed by atoms with Gasteiger partial charge in [-0.15, -0.1) is 11.6 Å². The number of alkyl halides is 1. The Kier molecular flexibility index (Phi) is 3.87. The van der Waals surface area contributed by atoms with E-state index < -0.39 is 0 Å². The molecular weight excluding hydrogens is 276 g/mol. The van der Waals surface area contributed by atoms with Crippen molar-refractivity contribution in [3.8, 4) is 0 Å². The number of hydrogen-bond donors (Lipinski definition) is 0. The molecule has 2 aromatic rings. The van der Waals surface area contributed by atoms with Crippen LogP contribution in [0.2, 0.25) is 0 Å². The predicted molar refractivity (Wildman–Crippen MR) is 76.6 cm³/mol. The largest absolute Gasteiger partial charge is 0.356 e. The molecular formula is C14H17ClN4O. The van der Waals surface area contributed by atoms with Gasteiger partial charge in [-0.25, -0.2) is 4.98 Å². The van der Waals surface area contributed by atoms with Crippen molar-refractivity contribution in [2.45, 2.75) is 19.2 Å². The molecule has 0 bridgehead atoms. The molecule has 1 aliphatic heterocycles. The number of piperidine rings is 1. The number of fused-ring (bicyclic) bond motifs is 1. The van der Waals surface area contributed by atoms with Crippen molar-refractivity contribution in [2.75, 3.05) is 18.0 Å². The molecule has 6 heteroatoms. The highest BCUT2D eigenvalue weighted by molar-refractivity contribution is 6.16. The molecule has 0 spiro atoms. The third-order valence-corrected chi connectivity index (χ3v) is 3.95. The Morgan fingerprint density at radius 1 is 1.30 bits per heavy atom. The fourth-order valence-corrected chi connectivity index (χ4v) is 2.60. The van der Waals surface area contributed by atoms with Crippen LogP contribution >= 0.6 is 11.6 Å². The highest BCUT2D eigenvalue weighted by Crippen LogP contribution is 2.45. The van der Waals surface area contributed by atoms with Gasteiger partial charge in [0.15, 0.2) is 6.33 Å². The van der Waals surface area contributed by atoms with Crippen LogP contribution in [0.4, 0.5) is 5.82 Å². The van der Waals surface area contributed by atoms with E-state index in [-0.39, 0.29) is 0 Å². The Balaban J connectivity index is 0.000000147. The SMILES string of the molecule is Cc1ccc(N2CC3CC3C2)nc1.ClCc1ncno1. The Morgan fingerprint density at radius 3 is 2.60 bits per heavy atom. The van der Waals surface area contributed by atoms with Crippen LogP contribution in [-0.4, -0.2) is 28.2 Å². The molecule has 2 aromatic heterocycles. The average Bonchev–Trinajstić information content (AvgIpc) is 2.92. The Bertz CT molecular complexity index is 533. The molecule has 1 saturated carbocycles. The molecule has 0 amide bonds. The van der Waals surface area contributed by atoms with Gasteiger partial charge in [0.25, 0.3) is 0 Å². The fraction of sp³-hybridized carbons (Fsp3) is 0.500. The van der Waals surface area contributed by atoms with Gasteiger partial charge >= 0.3 is 0 Å². The van der Waals surface area contributed by atoms with E-state index in [2.05, 4.69) is 43.6 Å². The minimum atomic E-state index is 0.292. The van der Waals surface area contributed by atoms with Crippen LogP contribution < -0.4 is 4.90 Å². The summed E-state index contributed by atoms with van der Waals surface area (Å²) in [5.41, 5.74) is 1.24. The number of hydrogen-bond acceptors (Lipinski definition) is 5. The van der Waals surface area contributed by atoms with Crippen LogP contribution in [0.5, 0.6) is 0 Å². The maximum atomic E-state index is 5.27. The number of halogens is 1. The Labute approximate surface area is 123 Å². The normalized spacial score (nSPS) is 23.0. The lowest BCUT2D eigenvalue weighted by atomic mass is 10.3. The summed E-state index contributed by atoms with van der Waals surface area (Å²) in [6, 6.07) is 4.28. The second kappa shape index (κ2) is 5.79. The van der Waals surface area contributed by atoms with E-state index in [4.69, 9.17) is 11.6 Å². The Morgan fingerprint density at radius 2 is 2.10 bits per heavy atom. The van der Waals surface area contributed by atoms with E-state index in [9.17, 15) is 0 Å². The van der Waals surface area contributed by atoms with Crippen LogP contribution in [0.15, 0.2) is 29.2 Å². The number of anilines is 1. The third-order valence-electron chi connectivity index (χ3n) is 3.72. The molecule has 3 heterocycles. The first kappa shape index (κ1) is 13.4. The minimum absolute atomic E-state index is 0.292. The quantitative estimate of drug-likeness (QED) is 0.797. The zero-order valence-corrected chi connectivity index (χ0v) is 12.1. The number of nitrogens with zero attached hydrogens (tertiary/aromatic N) is 4. The zero-order valence-electron chi connectivity index (χ0n) is 11.4. The summed E-state index contributed by atoms with van der Waals surface area (Å²) in [5.74, 6) is 3.89. The van der Waals surface area contributed by atoms with Gasteiger partial charge < -0.3 is 9.42 Å². The standard InChI is InChI=1S/C11H14N2.C3H3ClN2O/c1-8-2-3-11(12-5-8)13-6-9-4-10(9)7-13;4-1-3-5-2-6-7-3/h2-3,5,9-10H,4,6-7H2,1H3;2H,1H2. The van der Waals surface area contributed by atoms with Gasteiger partial charge in [-0.3, -0.25) is 0 Å². The molecule has 0 radical (unpaired) electrons. The van der Waals surface area contributed by atoms with Crippen LogP contribution in [0.3, 0.4) is 0 Å². The lowest BCUT2D eigenvalue weighted by Crippen LogP contribution is -2.22. The molecule has 20 heavy (non-hydrogen) atoms. The van der Waals surface area contributed by atoms with Gasteiger partial charge in [0.05, 0.1) is 0 Å². The topological polar surface area (TPSA) is 55.1 Å². The van der Waals surface area contributed by atoms with E-state index in [0.717, 1.165) is 17.7 Å². The molecule has 2 atom stereocenters. The molecule has 1 saturated heterocycles. The summed E-state index contributed by atoms with van der Waals surface area (Å²) >= 11 is 5.27. The highest BCUT2D eigenvalue weighted by Gasteiger charge is 2.45. The number of rotatable bonds is 2. The average molecular weight is 293 g/mol. The maximum absolute atomic E-state index is 5.27. The number of aryl methyl sites for hydroxylation is 1. The number of pyridine rings is 1. The van der Waals surface area contributed by atoms with Gasteiger partial charge in [0.1, 0.15) is 11.7 Å². The molecule has 1 aliphatic carbocycles. The van der Waals surface area contributed by atoms with Gasteiger partial charge in [0, 0.05) is 19.3 Å². The summed E-state index contributed by atoms with van der Waals surface area (Å²) in [6.07, 6.45) is 4.74. The van der Waals surface area contributed by atoms with Crippen LogP contribution in [-0.2, 0) is 5.88 Å². The first-order chi connectivity index (χ1) is 9.76.